The Bertz CT molecular complexity index is 1250. The van der Waals surface area contributed by atoms with Gasteiger partial charge in [0.25, 0.3) is 5.56 Å². The highest BCUT2D eigenvalue weighted by Gasteiger charge is 2.14. The third-order valence-electron chi connectivity index (χ3n) is 4.83. The van der Waals surface area contributed by atoms with Crippen LogP contribution in [0.15, 0.2) is 77.7 Å². The number of pyridine rings is 1. The molecule has 4 rings (SSSR count). The minimum Gasteiger partial charge on any atom is -0.497 e. The van der Waals surface area contributed by atoms with E-state index in [1.165, 1.54) is 0 Å². The largest absolute Gasteiger partial charge is 0.497 e. The monoisotopic (exact) mass is 415 g/mol. The molecule has 2 aromatic carbocycles. The maximum absolute atomic E-state index is 13.2. The second-order valence-electron chi connectivity index (χ2n) is 6.87. The Morgan fingerprint density at radius 3 is 2.52 bits per heavy atom. The van der Waals surface area contributed by atoms with Gasteiger partial charge in [-0.25, -0.2) is 4.98 Å². The number of rotatable bonds is 7. The number of hydrogen-bond donors (Lipinski definition) is 0. The molecule has 4 aromatic rings. The van der Waals surface area contributed by atoms with E-state index in [-0.39, 0.29) is 25.0 Å². The van der Waals surface area contributed by atoms with E-state index in [9.17, 15) is 9.59 Å². The fourth-order valence-corrected chi connectivity index (χ4v) is 3.26. The van der Waals surface area contributed by atoms with Crippen molar-refractivity contribution >= 4 is 17.0 Å². The number of hydrogen-bond acceptors (Lipinski definition) is 6. The average Bonchev–Trinajstić information content (AvgIpc) is 2.82. The fourth-order valence-electron chi connectivity index (χ4n) is 3.26. The summed E-state index contributed by atoms with van der Waals surface area (Å²) in [6.07, 6.45) is 1.88. The van der Waals surface area contributed by atoms with Gasteiger partial charge in [0.05, 0.1) is 30.3 Å². The van der Waals surface area contributed by atoms with Crippen LogP contribution in [0.3, 0.4) is 0 Å². The quantitative estimate of drug-likeness (QED) is 0.430. The standard InChI is InChI=1S/C24H21N3O4/c1-30-19-11-9-18(10-12-19)27-22-8-3-2-7-20(22)26-21(24(27)29)13-14-23(28)31-16-17-6-4-5-15-25-17/h2-12,15H,13-14,16H2,1H3. The number of carbonyl (C=O) groups excluding carboxylic acids is 1. The van der Waals surface area contributed by atoms with Crippen molar-refractivity contribution in [1.82, 2.24) is 14.5 Å². The summed E-state index contributed by atoms with van der Waals surface area (Å²) in [5.74, 6) is 0.294. The number of nitrogens with zero attached hydrogens (tertiary/aromatic N) is 3. The van der Waals surface area contributed by atoms with Crippen LogP contribution < -0.4 is 10.3 Å². The predicted molar refractivity (Wildman–Crippen MR) is 116 cm³/mol. The van der Waals surface area contributed by atoms with E-state index < -0.39 is 5.97 Å². The number of methoxy groups -OCH3 is 1. The van der Waals surface area contributed by atoms with Crippen LogP contribution in [0, 0.1) is 0 Å². The van der Waals surface area contributed by atoms with E-state index in [4.69, 9.17) is 9.47 Å². The molecule has 156 valence electrons. The summed E-state index contributed by atoms with van der Waals surface area (Å²) < 4.78 is 12.1. The van der Waals surface area contributed by atoms with Gasteiger partial charge in [0, 0.05) is 18.3 Å². The fraction of sp³-hybridized carbons (Fsp3) is 0.167. The Morgan fingerprint density at radius 1 is 1.00 bits per heavy atom. The molecule has 0 spiro atoms. The third kappa shape index (κ3) is 4.61. The molecule has 0 unspecified atom stereocenters. The Balaban J connectivity index is 1.58. The Kier molecular flexibility index (Phi) is 6.03. The van der Waals surface area contributed by atoms with Crippen LogP contribution in [0.5, 0.6) is 5.75 Å². The summed E-state index contributed by atoms with van der Waals surface area (Å²) in [7, 11) is 1.59. The van der Waals surface area contributed by atoms with E-state index in [0.717, 1.165) is 0 Å². The van der Waals surface area contributed by atoms with Crippen molar-refractivity contribution in [3.05, 3.63) is 94.7 Å². The van der Waals surface area contributed by atoms with E-state index in [2.05, 4.69) is 9.97 Å². The lowest BCUT2D eigenvalue weighted by Gasteiger charge is -2.13. The molecule has 0 radical (unpaired) electrons. The molecule has 0 bridgehead atoms. The van der Waals surface area contributed by atoms with Gasteiger partial charge in [-0.3, -0.25) is 19.1 Å². The number of carbonyl (C=O) groups is 1. The molecule has 2 heterocycles. The average molecular weight is 415 g/mol. The van der Waals surface area contributed by atoms with Crippen molar-refractivity contribution < 1.29 is 14.3 Å². The molecule has 0 fully saturated rings. The van der Waals surface area contributed by atoms with E-state index >= 15 is 0 Å². The van der Waals surface area contributed by atoms with Crippen LogP contribution in [-0.4, -0.2) is 27.6 Å². The van der Waals surface area contributed by atoms with Gasteiger partial charge in [0.15, 0.2) is 0 Å². The molecular formula is C24H21N3O4. The van der Waals surface area contributed by atoms with E-state index in [0.29, 0.717) is 33.9 Å². The maximum atomic E-state index is 13.2. The zero-order valence-electron chi connectivity index (χ0n) is 17.0. The van der Waals surface area contributed by atoms with E-state index in [1.54, 1.807) is 42.1 Å². The van der Waals surface area contributed by atoms with Crippen molar-refractivity contribution in [2.24, 2.45) is 0 Å². The van der Waals surface area contributed by atoms with Gasteiger partial charge in [-0.05, 0) is 48.5 Å². The lowest BCUT2D eigenvalue weighted by Crippen LogP contribution is -2.25. The topological polar surface area (TPSA) is 83.3 Å². The maximum Gasteiger partial charge on any atom is 0.306 e. The molecule has 0 saturated heterocycles. The van der Waals surface area contributed by atoms with Crippen molar-refractivity contribution in [2.45, 2.75) is 19.4 Å². The SMILES string of the molecule is COc1ccc(-n2c(=O)c(CCC(=O)OCc3ccccn3)nc3ccccc32)cc1. The zero-order chi connectivity index (χ0) is 21.6. The Labute approximate surface area is 178 Å². The van der Waals surface area contributed by atoms with Gasteiger partial charge in [-0.15, -0.1) is 0 Å². The summed E-state index contributed by atoms with van der Waals surface area (Å²) in [5, 5.41) is 0. The summed E-state index contributed by atoms with van der Waals surface area (Å²) in [4.78, 5) is 34.1. The minimum atomic E-state index is -0.406. The molecule has 7 heteroatoms. The van der Waals surface area contributed by atoms with Crippen LogP contribution in [0.1, 0.15) is 17.8 Å². The summed E-state index contributed by atoms with van der Waals surface area (Å²) in [6, 6.07) is 20.1. The minimum absolute atomic E-state index is 0.0516. The summed E-state index contributed by atoms with van der Waals surface area (Å²) in [5.41, 5.74) is 2.78. The van der Waals surface area contributed by atoms with Gasteiger partial charge < -0.3 is 9.47 Å². The molecule has 0 amide bonds. The van der Waals surface area contributed by atoms with Gasteiger partial charge in [-0.2, -0.15) is 0 Å². The molecule has 31 heavy (non-hydrogen) atoms. The first kappa shape index (κ1) is 20.3. The van der Waals surface area contributed by atoms with Crippen molar-refractivity contribution in [2.75, 3.05) is 7.11 Å². The van der Waals surface area contributed by atoms with Crippen LogP contribution in [-0.2, 0) is 22.6 Å². The summed E-state index contributed by atoms with van der Waals surface area (Å²) >= 11 is 0. The molecule has 0 atom stereocenters. The van der Waals surface area contributed by atoms with Crippen molar-refractivity contribution in [3.63, 3.8) is 0 Å². The number of benzene rings is 2. The van der Waals surface area contributed by atoms with Gasteiger partial charge >= 0.3 is 5.97 Å². The first-order chi connectivity index (χ1) is 15.2. The normalized spacial score (nSPS) is 10.7. The number of para-hydroxylation sites is 2. The second kappa shape index (κ2) is 9.21. The molecule has 0 aliphatic carbocycles. The molecule has 0 saturated carbocycles. The van der Waals surface area contributed by atoms with Crippen molar-refractivity contribution in [3.8, 4) is 11.4 Å². The highest BCUT2D eigenvalue weighted by Crippen LogP contribution is 2.19. The van der Waals surface area contributed by atoms with Crippen LogP contribution in [0.25, 0.3) is 16.7 Å². The molecule has 2 aromatic heterocycles. The molecule has 0 N–H and O–H groups in total. The van der Waals surface area contributed by atoms with Gasteiger partial charge in [0.2, 0.25) is 0 Å². The van der Waals surface area contributed by atoms with Crippen molar-refractivity contribution in [1.29, 1.82) is 0 Å². The highest BCUT2D eigenvalue weighted by molar-refractivity contribution is 5.77. The molecule has 0 aliphatic rings. The number of ether oxygens (including phenoxy) is 2. The number of esters is 1. The summed E-state index contributed by atoms with van der Waals surface area (Å²) in [6.45, 7) is 0.0981. The lowest BCUT2D eigenvalue weighted by molar-refractivity contribution is -0.145. The number of aromatic nitrogens is 3. The van der Waals surface area contributed by atoms with E-state index in [1.807, 2.05) is 42.5 Å². The Morgan fingerprint density at radius 2 is 1.77 bits per heavy atom. The van der Waals surface area contributed by atoms with Crippen LogP contribution in [0.2, 0.25) is 0 Å². The highest BCUT2D eigenvalue weighted by atomic mass is 16.5. The molecule has 7 nitrogen and oxygen atoms in total. The van der Waals surface area contributed by atoms with Crippen LogP contribution in [0.4, 0.5) is 0 Å². The second-order valence-corrected chi connectivity index (χ2v) is 6.87. The van der Waals surface area contributed by atoms with Gasteiger partial charge in [0.1, 0.15) is 18.1 Å². The number of aryl methyl sites for hydroxylation is 1. The molecule has 0 aliphatic heterocycles. The predicted octanol–water partition coefficient (Wildman–Crippen LogP) is 3.47. The van der Waals surface area contributed by atoms with Gasteiger partial charge in [-0.1, -0.05) is 18.2 Å². The Hall–Kier alpha value is -4.00. The molecular weight excluding hydrogens is 394 g/mol. The first-order valence-corrected chi connectivity index (χ1v) is 9.86. The zero-order valence-corrected chi connectivity index (χ0v) is 17.0. The lowest BCUT2D eigenvalue weighted by atomic mass is 10.2. The first-order valence-electron chi connectivity index (χ1n) is 9.86. The number of fused-ring (bicyclic) bond motifs is 1. The van der Waals surface area contributed by atoms with Crippen LogP contribution >= 0.6 is 0 Å². The third-order valence-corrected chi connectivity index (χ3v) is 4.83. The smallest absolute Gasteiger partial charge is 0.306 e.